The minimum Gasteiger partial charge on any atom is -0.481 e. The topological polar surface area (TPSA) is 64.6 Å². The van der Waals surface area contributed by atoms with Crippen LogP contribution in [0.15, 0.2) is 53.0 Å². The average molecular weight is 378 g/mol. The van der Waals surface area contributed by atoms with Crippen molar-refractivity contribution in [3.63, 3.8) is 0 Å². The number of anilines is 1. The highest BCUT2D eigenvalue weighted by atomic mass is 79.9. The van der Waals surface area contributed by atoms with Crippen LogP contribution in [0.4, 0.5) is 5.69 Å². The first kappa shape index (κ1) is 17.0. The minimum atomic E-state index is -0.720. The molecule has 0 spiro atoms. The Hall–Kier alpha value is -2.34. The molecule has 2 aromatic rings. The number of halogens is 1. The third-order valence-corrected chi connectivity index (χ3v) is 3.61. The van der Waals surface area contributed by atoms with Crippen LogP contribution in [0.1, 0.15) is 17.3 Å². The van der Waals surface area contributed by atoms with Gasteiger partial charge in [0.2, 0.25) is 0 Å². The normalized spacial score (nSPS) is 11.4. The van der Waals surface area contributed by atoms with Crippen LogP contribution in [0.2, 0.25) is 0 Å². The molecule has 0 fully saturated rings. The molecule has 5 nitrogen and oxygen atoms in total. The summed E-state index contributed by atoms with van der Waals surface area (Å²) in [5, 5.41) is 2.68. The van der Waals surface area contributed by atoms with Crippen molar-refractivity contribution in [2.24, 2.45) is 0 Å². The highest BCUT2D eigenvalue weighted by Crippen LogP contribution is 2.19. The highest BCUT2D eigenvalue weighted by Gasteiger charge is 2.18. The highest BCUT2D eigenvalue weighted by molar-refractivity contribution is 9.10. The van der Waals surface area contributed by atoms with Gasteiger partial charge in [-0.1, -0.05) is 28.1 Å². The van der Waals surface area contributed by atoms with E-state index in [4.69, 9.17) is 9.47 Å². The van der Waals surface area contributed by atoms with Crippen molar-refractivity contribution in [1.29, 1.82) is 0 Å². The zero-order valence-corrected chi connectivity index (χ0v) is 14.3. The summed E-state index contributed by atoms with van der Waals surface area (Å²) >= 11 is 3.33. The summed E-state index contributed by atoms with van der Waals surface area (Å²) in [4.78, 5) is 23.9. The number of carbonyl (C=O) groups is 2. The van der Waals surface area contributed by atoms with Crippen LogP contribution in [-0.4, -0.2) is 25.1 Å². The van der Waals surface area contributed by atoms with Gasteiger partial charge in [-0.05, 0) is 43.3 Å². The number of methoxy groups -OCH3 is 1. The maximum atomic E-state index is 12.2. The van der Waals surface area contributed by atoms with Crippen LogP contribution in [0.5, 0.6) is 5.75 Å². The largest absolute Gasteiger partial charge is 0.481 e. The van der Waals surface area contributed by atoms with Crippen LogP contribution >= 0.6 is 15.9 Å². The zero-order chi connectivity index (χ0) is 16.8. The van der Waals surface area contributed by atoms with Gasteiger partial charge in [0.25, 0.3) is 5.91 Å². The Morgan fingerprint density at radius 3 is 2.39 bits per heavy atom. The van der Waals surface area contributed by atoms with Crippen molar-refractivity contribution in [3.05, 3.63) is 58.6 Å². The summed E-state index contributed by atoms with van der Waals surface area (Å²) in [5.74, 6) is -0.288. The number of amides is 1. The van der Waals surface area contributed by atoms with Gasteiger partial charge in [0.15, 0.2) is 6.10 Å². The molecule has 23 heavy (non-hydrogen) atoms. The molecule has 0 radical (unpaired) electrons. The van der Waals surface area contributed by atoms with Gasteiger partial charge in [0.1, 0.15) is 5.75 Å². The Bertz CT molecular complexity index is 700. The molecule has 120 valence electrons. The Kier molecular flexibility index (Phi) is 5.76. The third-order valence-electron chi connectivity index (χ3n) is 3.09. The van der Waals surface area contributed by atoms with Crippen LogP contribution in [-0.2, 0) is 9.53 Å². The SMILES string of the molecule is COC(=O)c1ccccc1NC(=O)[C@@H](C)Oc1ccc(Br)cc1. The van der Waals surface area contributed by atoms with E-state index in [-0.39, 0.29) is 5.91 Å². The Balaban J connectivity index is 2.06. The maximum absolute atomic E-state index is 12.2. The lowest BCUT2D eigenvalue weighted by Gasteiger charge is -2.16. The summed E-state index contributed by atoms with van der Waals surface area (Å²) in [7, 11) is 1.29. The lowest BCUT2D eigenvalue weighted by molar-refractivity contribution is -0.122. The van der Waals surface area contributed by atoms with Crippen molar-refractivity contribution < 1.29 is 19.1 Å². The van der Waals surface area contributed by atoms with Gasteiger partial charge in [-0.3, -0.25) is 4.79 Å². The summed E-state index contributed by atoms with van der Waals surface area (Å²) in [5.41, 5.74) is 0.676. The van der Waals surface area contributed by atoms with Crippen molar-refractivity contribution in [3.8, 4) is 5.75 Å². The van der Waals surface area contributed by atoms with E-state index in [9.17, 15) is 9.59 Å². The molecule has 0 heterocycles. The number of carbonyl (C=O) groups excluding carboxylic acids is 2. The van der Waals surface area contributed by atoms with Crippen molar-refractivity contribution >= 4 is 33.5 Å². The molecular weight excluding hydrogens is 362 g/mol. The van der Waals surface area contributed by atoms with Gasteiger partial charge in [-0.2, -0.15) is 0 Å². The molecule has 2 rings (SSSR count). The fraction of sp³-hybridized carbons (Fsp3) is 0.176. The summed E-state index contributed by atoms with van der Waals surface area (Å²) in [6, 6.07) is 13.8. The first-order chi connectivity index (χ1) is 11.0. The zero-order valence-electron chi connectivity index (χ0n) is 12.7. The van der Waals surface area contributed by atoms with Gasteiger partial charge >= 0.3 is 5.97 Å². The molecule has 6 heteroatoms. The van der Waals surface area contributed by atoms with Crippen LogP contribution < -0.4 is 10.1 Å². The van der Waals surface area contributed by atoms with Crippen LogP contribution in [0.25, 0.3) is 0 Å². The minimum absolute atomic E-state index is 0.291. The standard InChI is InChI=1S/C17H16BrNO4/c1-11(23-13-9-7-12(18)8-10-13)16(20)19-15-6-4-3-5-14(15)17(21)22-2/h3-11H,1-2H3,(H,19,20)/t11-/m1/s1. The van der Waals surface area contributed by atoms with Gasteiger partial charge in [0.05, 0.1) is 18.4 Å². The van der Waals surface area contributed by atoms with Gasteiger partial charge in [0, 0.05) is 4.47 Å². The molecule has 0 unspecified atom stereocenters. The first-order valence-corrected chi connectivity index (χ1v) is 7.71. The van der Waals surface area contributed by atoms with Crippen LogP contribution in [0.3, 0.4) is 0 Å². The number of ether oxygens (including phenoxy) is 2. The molecule has 0 aliphatic heterocycles. The number of hydrogen-bond donors (Lipinski definition) is 1. The molecule has 2 aromatic carbocycles. The molecule has 0 saturated heterocycles. The van der Waals surface area contributed by atoms with E-state index < -0.39 is 12.1 Å². The average Bonchev–Trinajstić information content (AvgIpc) is 2.56. The van der Waals surface area contributed by atoms with E-state index in [1.807, 2.05) is 12.1 Å². The lowest BCUT2D eigenvalue weighted by Crippen LogP contribution is -2.30. The van der Waals surface area contributed by atoms with Gasteiger partial charge < -0.3 is 14.8 Å². The molecule has 1 atom stereocenters. The van der Waals surface area contributed by atoms with E-state index in [1.165, 1.54) is 7.11 Å². The summed E-state index contributed by atoms with van der Waals surface area (Å²) in [6.07, 6.45) is -0.720. The van der Waals surface area contributed by atoms with Crippen molar-refractivity contribution in [2.75, 3.05) is 12.4 Å². The number of rotatable bonds is 5. The number of para-hydroxylation sites is 1. The lowest BCUT2D eigenvalue weighted by atomic mass is 10.1. The quantitative estimate of drug-likeness (QED) is 0.807. The molecule has 1 N–H and O–H groups in total. The number of nitrogens with one attached hydrogen (secondary N) is 1. The second kappa shape index (κ2) is 7.78. The number of hydrogen-bond acceptors (Lipinski definition) is 4. The number of esters is 1. The van der Waals surface area contributed by atoms with E-state index in [0.717, 1.165) is 4.47 Å². The molecular formula is C17H16BrNO4. The summed E-state index contributed by atoms with van der Waals surface area (Å²) in [6.45, 7) is 1.64. The fourth-order valence-corrected chi connectivity index (χ4v) is 2.15. The Morgan fingerprint density at radius 1 is 1.09 bits per heavy atom. The summed E-state index contributed by atoms with van der Waals surface area (Å²) < 4.78 is 11.2. The second-order valence-corrected chi connectivity index (χ2v) is 5.66. The first-order valence-electron chi connectivity index (χ1n) is 6.91. The monoisotopic (exact) mass is 377 g/mol. The van der Waals surface area contributed by atoms with Crippen LogP contribution in [0, 0.1) is 0 Å². The second-order valence-electron chi connectivity index (χ2n) is 4.74. The van der Waals surface area contributed by atoms with E-state index in [2.05, 4.69) is 21.2 Å². The molecule has 1 amide bonds. The van der Waals surface area contributed by atoms with Gasteiger partial charge in [-0.25, -0.2) is 4.79 Å². The predicted octanol–water partition coefficient (Wildman–Crippen LogP) is 3.64. The maximum Gasteiger partial charge on any atom is 0.339 e. The van der Waals surface area contributed by atoms with Crippen molar-refractivity contribution in [1.82, 2.24) is 0 Å². The fourth-order valence-electron chi connectivity index (χ4n) is 1.89. The Labute approximate surface area is 142 Å². The molecule has 0 aromatic heterocycles. The van der Waals surface area contributed by atoms with E-state index in [0.29, 0.717) is 17.0 Å². The predicted molar refractivity (Wildman–Crippen MR) is 90.6 cm³/mol. The van der Waals surface area contributed by atoms with Crippen molar-refractivity contribution in [2.45, 2.75) is 13.0 Å². The van der Waals surface area contributed by atoms with Gasteiger partial charge in [-0.15, -0.1) is 0 Å². The van der Waals surface area contributed by atoms with E-state index >= 15 is 0 Å². The number of benzene rings is 2. The van der Waals surface area contributed by atoms with E-state index in [1.54, 1.807) is 43.3 Å². The Morgan fingerprint density at radius 2 is 1.74 bits per heavy atom. The molecule has 0 bridgehead atoms. The molecule has 0 saturated carbocycles. The third kappa shape index (κ3) is 4.56. The molecule has 0 aliphatic rings. The molecule has 0 aliphatic carbocycles. The smallest absolute Gasteiger partial charge is 0.339 e.